The van der Waals surface area contributed by atoms with Crippen LogP contribution in [0.2, 0.25) is 0 Å². The van der Waals surface area contributed by atoms with Crippen molar-refractivity contribution in [1.82, 2.24) is 10.2 Å². The van der Waals surface area contributed by atoms with Crippen molar-refractivity contribution in [3.05, 3.63) is 65.5 Å². The molecule has 1 aliphatic rings. The Bertz CT molecular complexity index is 718. The van der Waals surface area contributed by atoms with Crippen molar-refractivity contribution in [1.29, 1.82) is 0 Å². The van der Waals surface area contributed by atoms with E-state index < -0.39 is 0 Å². The van der Waals surface area contributed by atoms with E-state index in [1.165, 1.54) is 12.1 Å². The molecule has 1 saturated heterocycles. The summed E-state index contributed by atoms with van der Waals surface area (Å²) in [5.74, 6) is 0.799. The average Bonchev–Trinajstić information content (AvgIpc) is 3.10. The summed E-state index contributed by atoms with van der Waals surface area (Å²) in [7, 11) is 1.93. The van der Waals surface area contributed by atoms with Gasteiger partial charge in [-0.25, -0.2) is 4.39 Å². The lowest BCUT2D eigenvalue weighted by atomic mass is 10.1. The number of carbonyl (C=O) groups excluding carboxylic acids is 1. The zero-order valence-corrected chi connectivity index (χ0v) is 14.4. The van der Waals surface area contributed by atoms with Crippen LogP contribution in [0.4, 0.5) is 4.39 Å². The van der Waals surface area contributed by atoms with Crippen LogP contribution in [-0.2, 0) is 6.61 Å². The van der Waals surface area contributed by atoms with Gasteiger partial charge in [0.2, 0.25) is 0 Å². The van der Waals surface area contributed by atoms with Crippen LogP contribution < -0.4 is 10.1 Å². The number of hydrogen-bond acceptors (Lipinski definition) is 3. The summed E-state index contributed by atoms with van der Waals surface area (Å²) >= 11 is 0. The maximum atomic E-state index is 13.0. The maximum absolute atomic E-state index is 13.0. The molecule has 5 heteroatoms. The number of benzene rings is 2. The second-order valence-corrected chi connectivity index (χ2v) is 6.37. The van der Waals surface area contributed by atoms with E-state index in [-0.39, 0.29) is 11.7 Å². The second kappa shape index (κ2) is 8.12. The fourth-order valence-corrected chi connectivity index (χ4v) is 3.15. The molecule has 1 N–H and O–H groups in total. The highest BCUT2D eigenvalue weighted by atomic mass is 19.1. The summed E-state index contributed by atoms with van der Waals surface area (Å²) in [5.41, 5.74) is 1.44. The first-order chi connectivity index (χ1) is 12.2. The Morgan fingerprint density at radius 2 is 2.00 bits per heavy atom. The highest BCUT2D eigenvalue weighted by Gasteiger charge is 2.27. The minimum absolute atomic E-state index is 0.00769. The van der Waals surface area contributed by atoms with E-state index in [2.05, 4.69) is 5.32 Å². The molecular formula is C20H23FN2O2. The number of nitrogens with zero attached hydrogens (tertiary/aromatic N) is 1. The molecule has 1 amide bonds. The van der Waals surface area contributed by atoms with Crippen LogP contribution in [0.15, 0.2) is 48.5 Å². The van der Waals surface area contributed by atoms with Gasteiger partial charge >= 0.3 is 0 Å². The molecule has 2 aromatic rings. The topological polar surface area (TPSA) is 41.6 Å². The van der Waals surface area contributed by atoms with Crippen LogP contribution in [0.3, 0.4) is 0 Å². The molecule has 25 heavy (non-hydrogen) atoms. The zero-order valence-electron chi connectivity index (χ0n) is 14.4. The lowest BCUT2D eigenvalue weighted by molar-refractivity contribution is 0.0782. The average molecular weight is 342 g/mol. The number of hydrogen-bond donors (Lipinski definition) is 1. The minimum Gasteiger partial charge on any atom is -0.488 e. The van der Waals surface area contributed by atoms with Crippen LogP contribution in [0, 0.1) is 11.7 Å². The van der Waals surface area contributed by atoms with E-state index in [0.717, 1.165) is 31.6 Å². The molecule has 0 aliphatic carbocycles. The fraction of sp³-hybridized carbons (Fsp3) is 0.350. The third-order valence-corrected chi connectivity index (χ3v) is 4.49. The van der Waals surface area contributed by atoms with Gasteiger partial charge < -0.3 is 15.0 Å². The van der Waals surface area contributed by atoms with Crippen LogP contribution in [-0.4, -0.2) is 37.5 Å². The first-order valence-corrected chi connectivity index (χ1v) is 8.57. The summed E-state index contributed by atoms with van der Waals surface area (Å²) in [6.07, 6.45) is 1.02. The van der Waals surface area contributed by atoms with Crippen molar-refractivity contribution >= 4 is 5.91 Å². The molecule has 0 aromatic heterocycles. The number of rotatable bonds is 6. The smallest absolute Gasteiger partial charge is 0.257 e. The van der Waals surface area contributed by atoms with Crippen molar-refractivity contribution in [3.63, 3.8) is 0 Å². The Morgan fingerprint density at radius 1 is 1.24 bits per heavy atom. The third kappa shape index (κ3) is 4.37. The number of para-hydroxylation sites is 1. The van der Waals surface area contributed by atoms with Crippen molar-refractivity contribution in [2.75, 3.05) is 26.7 Å². The standard InChI is InChI=1S/C20H23FN2O2/c1-22-12-16-10-11-23(13-16)20(24)18-4-2-3-5-19(18)25-14-15-6-8-17(21)9-7-15/h2-9,16,22H,10-14H2,1H3/t16-/m1/s1. The van der Waals surface area contributed by atoms with Crippen LogP contribution >= 0.6 is 0 Å². The molecule has 0 spiro atoms. The predicted molar refractivity (Wildman–Crippen MR) is 95.1 cm³/mol. The molecule has 0 saturated carbocycles. The number of halogens is 1. The first-order valence-electron chi connectivity index (χ1n) is 8.57. The van der Waals surface area contributed by atoms with Gasteiger partial charge in [0.15, 0.2) is 0 Å². The predicted octanol–water partition coefficient (Wildman–Crippen LogP) is 3.09. The Morgan fingerprint density at radius 3 is 2.76 bits per heavy atom. The zero-order chi connectivity index (χ0) is 17.6. The van der Waals surface area contributed by atoms with E-state index in [9.17, 15) is 9.18 Å². The van der Waals surface area contributed by atoms with Crippen molar-refractivity contribution < 1.29 is 13.9 Å². The molecule has 1 atom stereocenters. The molecule has 1 heterocycles. The van der Waals surface area contributed by atoms with E-state index in [4.69, 9.17) is 4.74 Å². The van der Waals surface area contributed by atoms with Gasteiger partial charge in [-0.15, -0.1) is 0 Å². The maximum Gasteiger partial charge on any atom is 0.257 e. The van der Waals surface area contributed by atoms with Crippen molar-refractivity contribution in [2.24, 2.45) is 5.92 Å². The first kappa shape index (κ1) is 17.4. The molecule has 2 aromatic carbocycles. The Balaban J connectivity index is 1.68. The van der Waals surface area contributed by atoms with Crippen molar-refractivity contribution in [2.45, 2.75) is 13.0 Å². The molecule has 1 fully saturated rings. The molecule has 1 aliphatic heterocycles. The second-order valence-electron chi connectivity index (χ2n) is 6.37. The Hall–Kier alpha value is -2.40. The number of amides is 1. The molecule has 0 radical (unpaired) electrons. The van der Waals surface area contributed by atoms with E-state index in [1.807, 2.05) is 24.1 Å². The van der Waals surface area contributed by atoms with Crippen molar-refractivity contribution in [3.8, 4) is 5.75 Å². The van der Waals surface area contributed by atoms with E-state index in [1.54, 1.807) is 24.3 Å². The summed E-state index contributed by atoms with van der Waals surface area (Å²) in [6.45, 7) is 2.77. The van der Waals surface area contributed by atoms with Gasteiger partial charge in [0.25, 0.3) is 5.91 Å². The fourth-order valence-electron chi connectivity index (χ4n) is 3.15. The molecule has 3 rings (SSSR count). The molecule has 4 nitrogen and oxygen atoms in total. The van der Waals surface area contributed by atoms with Crippen LogP contribution in [0.25, 0.3) is 0 Å². The molecule has 0 bridgehead atoms. The van der Waals surface area contributed by atoms with Gasteiger partial charge in [-0.2, -0.15) is 0 Å². The van der Waals surface area contributed by atoms with Gasteiger partial charge in [-0.1, -0.05) is 24.3 Å². The van der Waals surface area contributed by atoms with Gasteiger partial charge in [0, 0.05) is 13.1 Å². The highest BCUT2D eigenvalue weighted by Crippen LogP contribution is 2.24. The summed E-state index contributed by atoms with van der Waals surface area (Å²) < 4.78 is 18.8. The molecule has 0 unspecified atom stereocenters. The summed E-state index contributed by atoms with van der Waals surface area (Å²) in [6, 6.07) is 13.5. The summed E-state index contributed by atoms with van der Waals surface area (Å²) in [5, 5.41) is 3.17. The number of carbonyl (C=O) groups is 1. The number of nitrogens with one attached hydrogen (secondary N) is 1. The van der Waals surface area contributed by atoms with E-state index >= 15 is 0 Å². The van der Waals surface area contributed by atoms with Gasteiger partial charge in [-0.05, 0) is 55.8 Å². The Kier molecular flexibility index (Phi) is 5.66. The summed E-state index contributed by atoms with van der Waals surface area (Å²) in [4.78, 5) is 14.7. The Labute approximate surface area is 147 Å². The quantitative estimate of drug-likeness (QED) is 0.877. The third-order valence-electron chi connectivity index (χ3n) is 4.49. The van der Waals surface area contributed by atoms with Gasteiger partial charge in [0.1, 0.15) is 18.2 Å². The minimum atomic E-state index is -0.274. The van der Waals surface area contributed by atoms with Crippen LogP contribution in [0.5, 0.6) is 5.75 Å². The molecule has 132 valence electrons. The number of likely N-dealkylation sites (tertiary alicyclic amines) is 1. The largest absolute Gasteiger partial charge is 0.488 e. The lowest BCUT2D eigenvalue weighted by Crippen LogP contribution is -2.30. The molecular weight excluding hydrogens is 319 g/mol. The highest BCUT2D eigenvalue weighted by molar-refractivity contribution is 5.97. The number of ether oxygens (including phenoxy) is 1. The normalized spacial score (nSPS) is 16.9. The lowest BCUT2D eigenvalue weighted by Gasteiger charge is -2.19. The van der Waals surface area contributed by atoms with Gasteiger partial charge in [-0.3, -0.25) is 4.79 Å². The SMILES string of the molecule is CNC[C@H]1CCN(C(=O)c2ccccc2OCc2ccc(F)cc2)C1. The monoisotopic (exact) mass is 342 g/mol. The van der Waals surface area contributed by atoms with Crippen LogP contribution in [0.1, 0.15) is 22.3 Å². The van der Waals surface area contributed by atoms with Gasteiger partial charge in [0.05, 0.1) is 5.56 Å². The van der Waals surface area contributed by atoms with E-state index in [0.29, 0.717) is 23.8 Å².